The number of nitrogens with one attached hydrogen (secondary N) is 1. The molecule has 3 heteroatoms. The van der Waals surface area contributed by atoms with E-state index in [0.29, 0.717) is 0 Å². The number of rotatable bonds is 6. The molecular formula is C16H20FNS. The molecule has 0 aliphatic rings. The molecule has 1 aromatic carbocycles. The number of hydrogen-bond donors (Lipinski definition) is 1. The van der Waals surface area contributed by atoms with Gasteiger partial charge in [0, 0.05) is 17.5 Å². The van der Waals surface area contributed by atoms with Crippen LogP contribution in [0.25, 0.3) is 0 Å². The van der Waals surface area contributed by atoms with E-state index in [9.17, 15) is 4.39 Å². The number of aryl methyl sites for hydroxylation is 1. The minimum absolute atomic E-state index is 0.164. The second-order valence-electron chi connectivity index (χ2n) is 4.62. The van der Waals surface area contributed by atoms with Crippen molar-refractivity contribution in [3.8, 4) is 0 Å². The van der Waals surface area contributed by atoms with Crippen molar-refractivity contribution in [1.82, 2.24) is 5.32 Å². The van der Waals surface area contributed by atoms with Crippen molar-refractivity contribution in [1.29, 1.82) is 0 Å². The maximum Gasteiger partial charge on any atom is 0.123 e. The van der Waals surface area contributed by atoms with Crippen molar-refractivity contribution in [3.63, 3.8) is 0 Å². The first kappa shape index (κ1) is 14.2. The van der Waals surface area contributed by atoms with Crippen LogP contribution < -0.4 is 5.32 Å². The van der Waals surface area contributed by atoms with Crippen molar-refractivity contribution in [3.05, 3.63) is 57.5 Å². The van der Waals surface area contributed by atoms with Crippen LogP contribution in [0.15, 0.2) is 35.7 Å². The van der Waals surface area contributed by atoms with E-state index >= 15 is 0 Å². The van der Waals surface area contributed by atoms with Crippen LogP contribution in [0.4, 0.5) is 4.39 Å². The Bertz CT molecular complexity index is 521. The van der Waals surface area contributed by atoms with E-state index in [-0.39, 0.29) is 11.9 Å². The minimum atomic E-state index is -0.164. The summed E-state index contributed by atoms with van der Waals surface area (Å²) < 4.78 is 13.3. The smallest absolute Gasteiger partial charge is 0.123 e. The fourth-order valence-corrected chi connectivity index (χ4v) is 3.20. The monoisotopic (exact) mass is 277 g/mol. The SMILES string of the molecule is CCc1ccsc1CNC(CC)c1cccc(F)c1. The van der Waals surface area contributed by atoms with Gasteiger partial charge in [0.15, 0.2) is 0 Å². The average Bonchev–Trinajstić information content (AvgIpc) is 2.87. The molecule has 2 rings (SSSR count). The molecule has 0 fully saturated rings. The number of halogens is 1. The van der Waals surface area contributed by atoms with Crippen molar-refractivity contribution in [2.24, 2.45) is 0 Å². The predicted molar refractivity (Wildman–Crippen MR) is 80.0 cm³/mol. The Kier molecular flexibility index (Phi) is 5.11. The second kappa shape index (κ2) is 6.83. The molecule has 1 N–H and O–H groups in total. The highest BCUT2D eigenvalue weighted by Gasteiger charge is 2.11. The lowest BCUT2D eigenvalue weighted by Gasteiger charge is -2.17. The highest BCUT2D eigenvalue weighted by Crippen LogP contribution is 2.21. The quantitative estimate of drug-likeness (QED) is 0.807. The molecule has 2 aromatic rings. The fourth-order valence-electron chi connectivity index (χ4n) is 2.27. The normalized spacial score (nSPS) is 12.6. The van der Waals surface area contributed by atoms with Crippen LogP contribution in [0.3, 0.4) is 0 Å². The van der Waals surface area contributed by atoms with Crippen molar-refractivity contribution in [2.75, 3.05) is 0 Å². The third kappa shape index (κ3) is 3.64. The number of hydrogen-bond acceptors (Lipinski definition) is 2. The zero-order valence-electron chi connectivity index (χ0n) is 11.4. The molecule has 19 heavy (non-hydrogen) atoms. The summed E-state index contributed by atoms with van der Waals surface area (Å²) in [5, 5.41) is 5.67. The molecule has 1 atom stereocenters. The summed E-state index contributed by atoms with van der Waals surface area (Å²) in [6.07, 6.45) is 2.02. The van der Waals surface area contributed by atoms with Crippen LogP contribution >= 0.6 is 11.3 Å². The first-order valence-corrected chi connectivity index (χ1v) is 7.66. The summed E-state index contributed by atoms with van der Waals surface area (Å²) in [7, 11) is 0. The Morgan fingerprint density at radius 2 is 2.11 bits per heavy atom. The molecule has 0 saturated heterocycles. The van der Waals surface area contributed by atoms with E-state index in [2.05, 4.69) is 30.6 Å². The van der Waals surface area contributed by atoms with E-state index < -0.39 is 0 Å². The Morgan fingerprint density at radius 1 is 1.26 bits per heavy atom. The van der Waals surface area contributed by atoms with E-state index in [1.54, 1.807) is 23.5 Å². The topological polar surface area (TPSA) is 12.0 Å². The molecule has 0 aliphatic carbocycles. The van der Waals surface area contributed by atoms with Gasteiger partial charge in [-0.05, 0) is 47.5 Å². The van der Waals surface area contributed by atoms with E-state index in [1.807, 2.05) is 6.07 Å². The van der Waals surface area contributed by atoms with Gasteiger partial charge in [-0.1, -0.05) is 26.0 Å². The molecule has 0 radical (unpaired) electrons. The third-order valence-corrected chi connectivity index (χ3v) is 4.35. The van der Waals surface area contributed by atoms with Gasteiger partial charge >= 0.3 is 0 Å². The fraction of sp³-hybridized carbons (Fsp3) is 0.375. The van der Waals surface area contributed by atoms with Crippen LogP contribution in [-0.2, 0) is 13.0 Å². The van der Waals surface area contributed by atoms with Gasteiger partial charge in [0.25, 0.3) is 0 Å². The zero-order valence-corrected chi connectivity index (χ0v) is 12.3. The van der Waals surface area contributed by atoms with Crippen LogP contribution in [0.5, 0.6) is 0 Å². The highest BCUT2D eigenvalue weighted by molar-refractivity contribution is 7.10. The summed E-state index contributed by atoms with van der Waals surface area (Å²) in [6, 6.07) is 9.27. The average molecular weight is 277 g/mol. The summed E-state index contributed by atoms with van der Waals surface area (Å²) in [6.45, 7) is 5.16. The Morgan fingerprint density at radius 3 is 2.79 bits per heavy atom. The summed E-state index contributed by atoms with van der Waals surface area (Å²) >= 11 is 1.79. The molecule has 1 aromatic heterocycles. The Balaban J connectivity index is 2.04. The van der Waals surface area contributed by atoms with Crippen molar-refractivity contribution >= 4 is 11.3 Å². The second-order valence-corrected chi connectivity index (χ2v) is 5.62. The number of thiophene rings is 1. The van der Waals surface area contributed by atoms with Gasteiger partial charge in [-0.3, -0.25) is 0 Å². The van der Waals surface area contributed by atoms with Gasteiger partial charge in [0.1, 0.15) is 5.82 Å². The summed E-state index contributed by atoms with van der Waals surface area (Å²) in [5.41, 5.74) is 2.43. The van der Waals surface area contributed by atoms with Crippen molar-refractivity contribution < 1.29 is 4.39 Å². The van der Waals surface area contributed by atoms with Gasteiger partial charge < -0.3 is 5.32 Å². The van der Waals surface area contributed by atoms with E-state index in [0.717, 1.165) is 24.9 Å². The molecule has 0 amide bonds. The maximum absolute atomic E-state index is 13.3. The molecule has 1 nitrogen and oxygen atoms in total. The maximum atomic E-state index is 13.3. The largest absolute Gasteiger partial charge is 0.305 e. The lowest BCUT2D eigenvalue weighted by Crippen LogP contribution is -2.20. The lowest BCUT2D eigenvalue weighted by molar-refractivity contribution is 0.516. The molecular weight excluding hydrogens is 257 g/mol. The van der Waals surface area contributed by atoms with Gasteiger partial charge in [-0.15, -0.1) is 11.3 Å². The highest BCUT2D eigenvalue weighted by atomic mass is 32.1. The summed E-state index contributed by atoms with van der Waals surface area (Å²) in [4.78, 5) is 1.39. The van der Waals surface area contributed by atoms with Gasteiger partial charge in [-0.2, -0.15) is 0 Å². The molecule has 0 saturated carbocycles. The first-order valence-electron chi connectivity index (χ1n) is 6.78. The zero-order chi connectivity index (χ0) is 13.7. The lowest BCUT2D eigenvalue weighted by atomic mass is 10.0. The summed E-state index contributed by atoms with van der Waals surface area (Å²) in [5.74, 6) is -0.164. The molecule has 102 valence electrons. The molecule has 1 heterocycles. The van der Waals surface area contributed by atoms with Crippen LogP contribution in [0, 0.1) is 5.82 Å². The first-order chi connectivity index (χ1) is 9.24. The molecule has 0 bridgehead atoms. The molecule has 0 aliphatic heterocycles. The van der Waals surface area contributed by atoms with E-state index in [1.165, 1.54) is 16.5 Å². The van der Waals surface area contributed by atoms with Gasteiger partial charge in [-0.25, -0.2) is 4.39 Å². The standard InChI is InChI=1S/C16H20FNS/c1-3-12-8-9-19-16(12)11-18-15(4-2)13-6-5-7-14(17)10-13/h5-10,15,18H,3-4,11H2,1-2H3. The van der Waals surface area contributed by atoms with Crippen molar-refractivity contribution in [2.45, 2.75) is 39.3 Å². The van der Waals surface area contributed by atoms with E-state index in [4.69, 9.17) is 0 Å². The Labute approximate surface area is 118 Å². The van der Waals surface area contributed by atoms with Crippen LogP contribution in [0.2, 0.25) is 0 Å². The van der Waals surface area contributed by atoms with Gasteiger partial charge in [0.2, 0.25) is 0 Å². The number of benzene rings is 1. The minimum Gasteiger partial charge on any atom is -0.305 e. The predicted octanol–water partition coefficient (Wildman–Crippen LogP) is 4.69. The Hall–Kier alpha value is -1.19. The molecule has 0 spiro atoms. The molecule has 1 unspecified atom stereocenters. The van der Waals surface area contributed by atoms with Crippen LogP contribution in [-0.4, -0.2) is 0 Å². The van der Waals surface area contributed by atoms with Gasteiger partial charge in [0.05, 0.1) is 0 Å². The van der Waals surface area contributed by atoms with Crippen LogP contribution in [0.1, 0.15) is 42.3 Å². The third-order valence-electron chi connectivity index (χ3n) is 3.39.